The number of aromatic amines is 1. The lowest BCUT2D eigenvalue weighted by atomic mass is 10.1. The Kier molecular flexibility index (Phi) is 7.65. The quantitative estimate of drug-likeness (QED) is 0.470. The molecule has 1 aromatic carbocycles. The van der Waals surface area contributed by atoms with E-state index in [4.69, 9.17) is 0 Å². The van der Waals surface area contributed by atoms with Crippen molar-refractivity contribution in [1.82, 2.24) is 20.2 Å². The van der Waals surface area contributed by atoms with E-state index in [1.807, 2.05) is 18.2 Å². The van der Waals surface area contributed by atoms with Crippen LogP contribution in [0, 0.1) is 0 Å². The normalized spacial score (nSPS) is 14.1. The predicted molar refractivity (Wildman–Crippen MR) is 134 cm³/mol. The van der Waals surface area contributed by atoms with Crippen LogP contribution in [0.1, 0.15) is 48.1 Å². The molecule has 170 valence electrons. The van der Waals surface area contributed by atoms with Gasteiger partial charge < -0.3 is 10.3 Å². The summed E-state index contributed by atoms with van der Waals surface area (Å²) in [6.07, 6.45) is 3.16. The molecule has 3 aromatic rings. The maximum atomic E-state index is 12.6. The summed E-state index contributed by atoms with van der Waals surface area (Å²) in [5.74, 6) is 1.49. The van der Waals surface area contributed by atoms with Crippen molar-refractivity contribution in [3.05, 3.63) is 62.5 Å². The lowest BCUT2D eigenvalue weighted by Crippen LogP contribution is -2.38. The first-order valence-corrected chi connectivity index (χ1v) is 13.2. The first kappa shape index (κ1) is 23.0. The minimum Gasteiger partial charge on any atom is -0.353 e. The third-order valence-electron chi connectivity index (χ3n) is 6.03. The van der Waals surface area contributed by atoms with Crippen LogP contribution in [-0.4, -0.2) is 46.2 Å². The summed E-state index contributed by atoms with van der Waals surface area (Å²) in [6, 6.07) is 10.5. The van der Waals surface area contributed by atoms with Gasteiger partial charge in [0, 0.05) is 11.4 Å². The van der Waals surface area contributed by atoms with E-state index in [1.54, 1.807) is 11.3 Å². The number of aryl methyl sites for hydroxylation is 2. The molecule has 32 heavy (non-hydrogen) atoms. The summed E-state index contributed by atoms with van der Waals surface area (Å²) >= 11 is 3.12. The van der Waals surface area contributed by atoms with Crippen LogP contribution in [0.15, 0.2) is 35.1 Å². The highest BCUT2D eigenvalue weighted by Crippen LogP contribution is 2.34. The van der Waals surface area contributed by atoms with Crippen molar-refractivity contribution in [2.45, 2.75) is 44.9 Å². The third kappa shape index (κ3) is 5.08. The van der Waals surface area contributed by atoms with Crippen LogP contribution in [0.2, 0.25) is 0 Å². The number of benzene rings is 1. The number of carbonyl (C=O) groups is 1. The molecule has 0 radical (unpaired) electrons. The Bertz CT molecular complexity index is 1120. The highest BCUT2D eigenvalue weighted by molar-refractivity contribution is 7.99. The number of amides is 1. The molecule has 4 rings (SSSR count). The second-order valence-corrected chi connectivity index (χ2v) is 10.1. The summed E-state index contributed by atoms with van der Waals surface area (Å²) < 4.78 is 0. The van der Waals surface area contributed by atoms with Crippen molar-refractivity contribution < 1.29 is 4.79 Å². The van der Waals surface area contributed by atoms with E-state index >= 15 is 0 Å². The van der Waals surface area contributed by atoms with Gasteiger partial charge >= 0.3 is 0 Å². The number of hydrogen-bond donors (Lipinski definition) is 2. The van der Waals surface area contributed by atoms with Crippen molar-refractivity contribution in [2.75, 3.05) is 25.4 Å². The first-order valence-electron chi connectivity index (χ1n) is 11.3. The minimum atomic E-state index is -0.0422. The van der Waals surface area contributed by atoms with E-state index in [0.29, 0.717) is 23.9 Å². The molecule has 1 amide bonds. The van der Waals surface area contributed by atoms with Gasteiger partial charge in [-0.1, -0.05) is 44.2 Å². The van der Waals surface area contributed by atoms with E-state index in [9.17, 15) is 9.59 Å². The largest absolute Gasteiger partial charge is 0.353 e. The van der Waals surface area contributed by atoms with Crippen molar-refractivity contribution >= 4 is 39.2 Å². The van der Waals surface area contributed by atoms with Gasteiger partial charge in [0.15, 0.2) is 0 Å². The highest BCUT2D eigenvalue weighted by atomic mass is 32.2. The Hall–Kier alpha value is -2.16. The van der Waals surface area contributed by atoms with Crippen LogP contribution in [-0.2, 0) is 23.4 Å². The number of nitrogens with zero attached hydrogens (tertiary/aromatic N) is 2. The zero-order valence-corrected chi connectivity index (χ0v) is 20.3. The Labute approximate surface area is 196 Å². The van der Waals surface area contributed by atoms with E-state index in [0.717, 1.165) is 42.6 Å². The summed E-state index contributed by atoms with van der Waals surface area (Å²) in [5.41, 5.74) is 2.36. The molecule has 1 aliphatic carbocycles. The summed E-state index contributed by atoms with van der Waals surface area (Å²) in [7, 11) is 0. The number of carbonyl (C=O) groups excluding carboxylic acids is 1. The van der Waals surface area contributed by atoms with Crippen LogP contribution >= 0.6 is 23.1 Å². The van der Waals surface area contributed by atoms with Crippen LogP contribution in [0.5, 0.6) is 0 Å². The molecule has 0 spiro atoms. The first-order chi connectivity index (χ1) is 15.6. The summed E-state index contributed by atoms with van der Waals surface area (Å²) in [6.45, 7) is 6.71. The number of hydrogen-bond acceptors (Lipinski definition) is 6. The van der Waals surface area contributed by atoms with Gasteiger partial charge in [-0.05, 0) is 43.5 Å². The fourth-order valence-corrected chi connectivity index (χ4v) is 6.41. The zero-order chi connectivity index (χ0) is 22.5. The second kappa shape index (κ2) is 10.6. The van der Waals surface area contributed by atoms with Crippen molar-refractivity contribution in [1.29, 1.82) is 0 Å². The number of H-pyrrole nitrogens is 1. The summed E-state index contributed by atoms with van der Waals surface area (Å²) in [5, 5.41) is 3.87. The number of thiophene rings is 1. The van der Waals surface area contributed by atoms with E-state index < -0.39 is 0 Å². The smallest absolute Gasteiger partial charge is 0.259 e. The molecule has 0 saturated carbocycles. The van der Waals surface area contributed by atoms with Crippen LogP contribution in [0.3, 0.4) is 0 Å². The molecular weight excluding hydrogens is 440 g/mol. The van der Waals surface area contributed by atoms with Gasteiger partial charge in [0.1, 0.15) is 10.7 Å². The fourth-order valence-electron chi connectivity index (χ4n) is 4.41. The lowest BCUT2D eigenvalue weighted by Gasteiger charge is -2.30. The second-order valence-electron chi connectivity index (χ2n) is 7.99. The van der Waals surface area contributed by atoms with Crippen LogP contribution < -0.4 is 10.9 Å². The van der Waals surface area contributed by atoms with Gasteiger partial charge in [0.25, 0.3) is 5.56 Å². The van der Waals surface area contributed by atoms with E-state index in [-0.39, 0.29) is 17.5 Å². The number of rotatable bonds is 10. The molecule has 2 N–H and O–H groups in total. The molecule has 0 bridgehead atoms. The maximum Gasteiger partial charge on any atom is 0.259 e. The third-order valence-corrected chi connectivity index (χ3v) is 8.16. The molecule has 8 heteroatoms. The topological polar surface area (TPSA) is 78.1 Å². The Balaban J connectivity index is 1.32. The molecule has 1 unspecified atom stereocenters. The number of thioether (sulfide) groups is 1. The molecule has 2 heterocycles. The predicted octanol–water partition coefficient (Wildman–Crippen LogP) is 3.91. The van der Waals surface area contributed by atoms with Gasteiger partial charge in [-0.3, -0.25) is 14.5 Å². The van der Waals surface area contributed by atoms with Crippen molar-refractivity contribution in [3.63, 3.8) is 0 Å². The zero-order valence-electron chi connectivity index (χ0n) is 18.6. The average Bonchev–Trinajstić information content (AvgIpc) is 3.38. The molecule has 2 aromatic heterocycles. The molecule has 6 nitrogen and oxygen atoms in total. The van der Waals surface area contributed by atoms with Gasteiger partial charge in [-0.15, -0.1) is 23.1 Å². The number of likely N-dealkylation sites (N-methyl/N-ethyl adjacent to an activating group) is 1. The molecule has 1 aliphatic rings. The molecular formula is C24H30N4O2S2. The molecule has 0 saturated heterocycles. The van der Waals surface area contributed by atoms with E-state index in [2.05, 4.69) is 46.2 Å². The maximum absolute atomic E-state index is 12.6. The molecule has 1 atom stereocenters. The summed E-state index contributed by atoms with van der Waals surface area (Å²) in [4.78, 5) is 37.1. The van der Waals surface area contributed by atoms with E-state index in [1.165, 1.54) is 27.8 Å². The number of aromatic nitrogens is 2. The highest BCUT2D eigenvalue weighted by Gasteiger charge is 2.21. The standard InChI is InChI=1S/C24H30N4O2S2/c1-3-28(4-2)18(16-9-6-5-7-10-16)13-25-21(29)15-31-14-20-26-23(30)22-17-11-8-12-19(17)32-24(22)27-20/h5-7,9-10,18H,3-4,8,11-15H2,1-2H3,(H,25,29)(H,26,27,30). The Morgan fingerprint density at radius 2 is 2.03 bits per heavy atom. The number of nitrogens with one attached hydrogen (secondary N) is 2. The van der Waals surface area contributed by atoms with Crippen LogP contribution in [0.4, 0.5) is 0 Å². The van der Waals surface area contributed by atoms with Gasteiger partial charge in [-0.2, -0.15) is 0 Å². The monoisotopic (exact) mass is 470 g/mol. The van der Waals surface area contributed by atoms with Crippen LogP contribution in [0.25, 0.3) is 10.2 Å². The molecule has 0 aliphatic heterocycles. The molecule has 0 fully saturated rings. The minimum absolute atomic E-state index is 0.00149. The fraction of sp³-hybridized carbons (Fsp3) is 0.458. The SMILES string of the molecule is CCN(CC)C(CNC(=O)CSCc1nc2sc3c(c2c(=O)[nH]1)CCC3)c1ccccc1. The van der Waals surface area contributed by atoms with Gasteiger partial charge in [-0.25, -0.2) is 4.98 Å². The lowest BCUT2D eigenvalue weighted by molar-refractivity contribution is -0.118. The average molecular weight is 471 g/mol. The van der Waals surface area contributed by atoms with Gasteiger partial charge in [0.05, 0.1) is 22.9 Å². The van der Waals surface area contributed by atoms with Gasteiger partial charge in [0.2, 0.25) is 5.91 Å². The Morgan fingerprint density at radius 3 is 2.78 bits per heavy atom. The number of fused-ring (bicyclic) bond motifs is 3. The van der Waals surface area contributed by atoms with Crippen molar-refractivity contribution in [2.24, 2.45) is 0 Å². The van der Waals surface area contributed by atoms with Crippen molar-refractivity contribution in [3.8, 4) is 0 Å². The Morgan fingerprint density at radius 1 is 1.25 bits per heavy atom.